The van der Waals surface area contributed by atoms with Gasteiger partial charge < -0.3 is 9.90 Å². The maximum Gasteiger partial charge on any atom is 0.194 e. The summed E-state index contributed by atoms with van der Waals surface area (Å²) < 4.78 is 1.64. The van der Waals surface area contributed by atoms with Gasteiger partial charge in [-0.2, -0.15) is 4.57 Å². The van der Waals surface area contributed by atoms with Crippen molar-refractivity contribution in [1.29, 1.82) is 0 Å². The Bertz CT molecular complexity index is 523. The van der Waals surface area contributed by atoms with Crippen molar-refractivity contribution in [3.05, 3.63) is 54.9 Å². The van der Waals surface area contributed by atoms with Gasteiger partial charge in [-0.3, -0.25) is 0 Å². The SMILES string of the molecule is C[C@@H](C(=O)[O-])[n+]1cccc(-c2ccccc2)c1. The van der Waals surface area contributed by atoms with Crippen molar-refractivity contribution in [3.8, 4) is 11.1 Å². The summed E-state index contributed by atoms with van der Waals surface area (Å²) in [5.41, 5.74) is 2.05. The van der Waals surface area contributed by atoms with Gasteiger partial charge in [0.05, 0.1) is 0 Å². The molecule has 0 amide bonds. The first-order chi connectivity index (χ1) is 8.18. The number of benzene rings is 1. The van der Waals surface area contributed by atoms with Crippen molar-refractivity contribution < 1.29 is 14.5 Å². The fourth-order valence-electron chi connectivity index (χ4n) is 1.66. The third-order valence-electron chi connectivity index (χ3n) is 2.72. The number of carboxylic acids is 1. The molecule has 3 nitrogen and oxygen atoms in total. The van der Waals surface area contributed by atoms with Gasteiger partial charge in [0.25, 0.3) is 0 Å². The molecule has 2 rings (SSSR count). The molecule has 0 radical (unpaired) electrons. The highest BCUT2D eigenvalue weighted by Gasteiger charge is 2.13. The molecule has 3 heteroatoms. The zero-order valence-electron chi connectivity index (χ0n) is 9.54. The van der Waals surface area contributed by atoms with Crippen LogP contribution in [0.2, 0.25) is 0 Å². The maximum absolute atomic E-state index is 10.8. The number of aliphatic carboxylic acids is 1. The third-order valence-corrected chi connectivity index (χ3v) is 2.72. The Labute approximate surface area is 100.0 Å². The maximum atomic E-state index is 10.8. The third kappa shape index (κ3) is 2.50. The van der Waals surface area contributed by atoms with Gasteiger partial charge in [-0.15, -0.1) is 0 Å². The molecule has 0 spiro atoms. The molecule has 0 saturated heterocycles. The van der Waals surface area contributed by atoms with Crippen LogP contribution in [0.25, 0.3) is 11.1 Å². The number of hydrogen-bond acceptors (Lipinski definition) is 2. The number of carbonyl (C=O) groups excluding carboxylic acids is 1. The van der Waals surface area contributed by atoms with Crippen LogP contribution < -0.4 is 9.67 Å². The predicted molar refractivity (Wildman–Crippen MR) is 61.8 cm³/mol. The van der Waals surface area contributed by atoms with Crippen LogP contribution in [0.3, 0.4) is 0 Å². The van der Waals surface area contributed by atoms with Crippen LogP contribution in [-0.4, -0.2) is 5.97 Å². The Morgan fingerprint density at radius 1 is 1.12 bits per heavy atom. The van der Waals surface area contributed by atoms with Crippen LogP contribution in [0.5, 0.6) is 0 Å². The molecule has 0 unspecified atom stereocenters. The summed E-state index contributed by atoms with van der Waals surface area (Å²) in [7, 11) is 0. The van der Waals surface area contributed by atoms with Gasteiger partial charge in [0, 0.05) is 18.6 Å². The van der Waals surface area contributed by atoms with E-state index in [9.17, 15) is 9.90 Å². The van der Waals surface area contributed by atoms with Crippen molar-refractivity contribution in [1.82, 2.24) is 0 Å². The molecule has 0 fully saturated rings. The Morgan fingerprint density at radius 3 is 2.41 bits per heavy atom. The Balaban J connectivity index is 2.39. The van der Waals surface area contributed by atoms with Gasteiger partial charge in [0.2, 0.25) is 0 Å². The molecule has 1 aromatic heterocycles. The fraction of sp³-hybridized carbons (Fsp3) is 0.143. The lowest BCUT2D eigenvalue weighted by atomic mass is 10.1. The minimum atomic E-state index is -1.08. The lowest BCUT2D eigenvalue weighted by Crippen LogP contribution is -2.47. The minimum absolute atomic E-state index is 0.668. The fourth-order valence-corrected chi connectivity index (χ4v) is 1.66. The molecular weight excluding hydrogens is 214 g/mol. The van der Waals surface area contributed by atoms with Gasteiger partial charge in [-0.05, 0) is 11.6 Å². The highest BCUT2D eigenvalue weighted by atomic mass is 16.4. The van der Waals surface area contributed by atoms with Gasteiger partial charge in [-0.25, -0.2) is 0 Å². The molecule has 2 aromatic rings. The molecule has 1 heterocycles. The van der Waals surface area contributed by atoms with Gasteiger partial charge >= 0.3 is 0 Å². The summed E-state index contributed by atoms with van der Waals surface area (Å²) in [5.74, 6) is -1.08. The second kappa shape index (κ2) is 4.78. The predicted octanol–water partition coefficient (Wildman–Crippen LogP) is 0.952. The van der Waals surface area contributed by atoms with E-state index in [1.807, 2.05) is 48.7 Å². The van der Waals surface area contributed by atoms with Gasteiger partial charge in [0.15, 0.2) is 18.4 Å². The summed E-state index contributed by atoms with van der Waals surface area (Å²) in [6.45, 7) is 1.60. The van der Waals surface area contributed by atoms with Gasteiger partial charge in [-0.1, -0.05) is 30.3 Å². The van der Waals surface area contributed by atoms with Crippen molar-refractivity contribution >= 4 is 5.97 Å². The first-order valence-electron chi connectivity index (χ1n) is 5.45. The highest BCUT2D eigenvalue weighted by molar-refractivity contribution is 5.67. The van der Waals surface area contributed by atoms with Crippen LogP contribution in [0, 0.1) is 0 Å². The summed E-state index contributed by atoms with van der Waals surface area (Å²) in [4.78, 5) is 10.8. The van der Waals surface area contributed by atoms with Crippen molar-refractivity contribution in [2.75, 3.05) is 0 Å². The first-order valence-corrected chi connectivity index (χ1v) is 5.45. The number of rotatable bonds is 3. The van der Waals surface area contributed by atoms with E-state index in [-0.39, 0.29) is 0 Å². The number of carbonyl (C=O) groups is 1. The van der Waals surface area contributed by atoms with Crippen molar-refractivity contribution in [2.24, 2.45) is 0 Å². The highest BCUT2D eigenvalue weighted by Crippen LogP contribution is 2.16. The van der Waals surface area contributed by atoms with E-state index in [2.05, 4.69) is 0 Å². The van der Waals surface area contributed by atoms with Crippen LogP contribution >= 0.6 is 0 Å². The topological polar surface area (TPSA) is 44.0 Å². The average molecular weight is 227 g/mol. The minimum Gasteiger partial charge on any atom is -0.543 e. The van der Waals surface area contributed by atoms with Crippen LogP contribution in [0.4, 0.5) is 0 Å². The van der Waals surface area contributed by atoms with Crippen LogP contribution in [-0.2, 0) is 4.79 Å². The quantitative estimate of drug-likeness (QED) is 0.733. The van der Waals surface area contributed by atoms with E-state index in [1.165, 1.54) is 0 Å². The number of hydrogen-bond donors (Lipinski definition) is 0. The smallest absolute Gasteiger partial charge is 0.194 e. The van der Waals surface area contributed by atoms with Gasteiger partial charge in [0.1, 0.15) is 5.97 Å². The number of pyridine rings is 1. The summed E-state index contributed by atoms with van der Waals surface area (Å²) in [5, 5.41) is 10.8. The van der Waals surface area contributed by atoms with Crippen molar-refractivity contribution in [3.63, 3.8) is 0 Å². The molecule has 17 heavy (non-hydrogen) atoms. The van der Waals surface area contributed by atoms with E-state index in [0.29, 0.717) is 0 Å². The zero-order valence-corrected chi connectivity index (χ0v) is 9.54. The first kappa shape index (κ1) is 11.3. The average Bonchev–Trinajstić information content (AvgIpc) is 2.39. The molecule has 0 aliphatic rings. The molecule has 0 N–H and O–H groups in total. The summed E-state index contributed by atoms with van der Waals surface area (Å²) in [6, 6.07) is 13.0. The second-order valence-electron chi connectivity index (χ2n) is 3.90. The molecule has 0 aliphatic carbocycles. The van der Waals surface area contributed by atoms with Crippen LogP contribution in [0.15, 0.2) is 54.9 Å². The van der Waals surface area contributed by atoms with Crippen molar-refractivity contribution in [2.45, 2.75) is 13.0 Å². The van der Waals surface area contributed by atoms with E-state index >= 15 is 0 Å². The standard InChI is InChI=1S/C14H13NO2/c1-11(14(16)17)15-9-5-8-13(10-15)12-6-3-2-4-7-12/h2-11H,1H3/t11-/m0/s1. The summed E-state index contributed by atoms with van der Waals surface area (Å²) in [6.07, 6.45) is 3.54. The molecule has 1 atom stereocenters. The molecular formula is C14H13NO2. The monoisotopic (exact) mass is 227 g/mol. The Hall–Kier alpha value is -2.16. The summed E-state index contributed by atoms with van der Waals surface area (Å²) >= 11 is 0. The second-order valence-corrected chi connectivity index (χ2v) is 3.90. The molecule has 0 aliphatic heterocycles. The number of aromatic nitrogens is 1. The molecule has 0 bridgehead atoms. The molecule has 1 aromatic carbocycles. The van der Waals surface area contributed by atoms with E-state index in [4.69, 9.17) is 0 Å². The Morgan fingerprint density at radius 2 is 1.76 bits per heavy atom. The number of nitrogens with zero attached hydrogens (tertiary/aromatic N) is 1. The lowest BCUT2D eigenvalue weighted by molar-refractivity contribution is -0.712. The zero-order chi connectivity index (χ0) is 12.3. The number of carboxylic acid groups (broad SMARTS) is 1. The van der Waals surface area contributed by atoms with E-state index in [0.717, 1.165) is 11.1 Å². The Kier molecular flexibility index (Phi) is 3.19. The normalized spacial score (nSPS) is 12.1. The van der Waals surface area contributed by atoms with E-state index in [1.54, 1.807) is 17.7 Å². The van der Waals surface area contributed by atoms with E-state index < -0.39 is 12.0 Å². The lowest BCUT2D eigenvalue weighted by Gasteiger charge is -2.08. The molecule has 0 saturated carbocycles. The van der Waals surface area contributed by atoms with Crippen LogP contribution in [0.1, 0.15) is 13.0 Å². The largest absolute Gasteiger partial charge is 0.543 e. The molecule has 86 valence electrons.